The van der Waals surface area contributed by atoms with Crippen LogP contribution in [0.2, 0.25) is 0 Å². The van der Waals surface area contributed by atoms with E-state index in [4.69, 9.17) is 4.74 Å². The molecule has 31 heavy (non-hydrogen) atoms. The molecule has 1 heterocycles. The molecule has 4 nitrogen and oxygen atoms in total. The average molecular weight is 415 g/mol. The van der Waals surface area contributed by atoms with Gasteiger partial charge in [0.1, 0.15) is 11.9 Å². The summed E-state index contributed by atoms with van der Waals surface area (Å²) in [5, 5.41) is 3.03. The number of hydrogen-bond donors (Lipinski definition) is 1. The van der Waals surface area contributed by atoms with Gasteiger partial charge in [0.05, 0.1) is 0 Å². The lowest BCUT2D eigenvalue weighted by Gasteiger charge is -2.29. The lowest BCUT2D eigenvalue weighted by Crippen LogP contribution is -2.35. The first-order valence-electron chi connectivity index (χ1n) is 11.1. The van der Waals surface area contributed by atoms with E-state index >= 15 is 0 Å². The highest BCUT2D eigenvalue weighted by Gasteiger charge is 2.18. The van der Waals surface area contributed by atoms with Crippen LogP contribution in [0.3, 0.4) is 0 Å². The van der Waals surface area contributed by atoms with E-state index < -0.39 is 0 Å². The Bertz CT molecular complexity index is 978. The zero-order chi connectivity index (χ0) is 21.5. The van der Waals surface area contributed by atoms with Crippen molar-refractivity contribution in [3.63, 3.8) is 0 Å². The van der Waals surface area contributed by atoms with E-state index in [9.17, 15) is 4.79 Å². The van der Waals surface area contributed by atoms with Gasteiger partial charge in [0, 0.05) is 24.3 Å². The molecule has 0 aromatic heterocycles. The number of carbonyl (C=O) groups excluding carboxylic acids is 1. The number of rotatable bonds is 7. The fraction of sp³-hybridized carbons (Fsp3) is 0.296. The highest BCUT2D eigenvalue weighted by atomic mass is 16.5. The van der Waals surface area contributed by atoms with E-state index in [0.717, 1.165) is 61.3 Å². The minimum atomic E-state index is -0.0763. The van der Waals surface area contributed by atoms with Crippen molar-refractivity contribution in [2.75, 3.05) is 25.5 Å². The smallest absolute Gasteiger partial charge is 0.255 e. The van der Waals surface area contributed by atoms with Crippen LogP contribution in [0.4, 0.5) is 5.69 Å². The van der Waals surface area contributed by atoms with Gasteiger partial charge in [0.2, 0.25) is 0 Å². The molecule has 3 aromatic rings. The number of aryl methyl sites for hydroxylation is 2. The molecule has 0 aliphatic carbocycles. The fourth-order valence-corrected chi connectivity index (χ4v) is 3.99. The van der Waals surface area contributed by atoms with E-state index in [1.807, 2.05) is 66.7 Å². The molecule has 0 unspecified atom stereocenters. The highest BCUT2D eigenvalue weighted by Crippen LogP contribution is 2.22. The van der Waals surface area contributed by atoms with Crippen molar-refractivity contribution in [3.8, 4) is 5.75 Å². The summed E-state index contributed by atoms with van der Waals surface area (Å²) in [6.45, 7) is 2.14. The molecule has 3 aromatic carbocycles. The summed E-state index contributed by atoms with van der Waals surface area (Å²) in [5.74, 6) is 0.781. The second kappa shape index (κ2) is 10.3. The van der Waals surface area contributed by atoms with Crippen molar-refractivity contribution in [1.29, 1.82) is 0 Å². The molecule has 1 N–H and O–H groups in total. The van der Waals surface area contributed by atoms with Gasteiger partial charge in [-0.25, -0.2) is 0 Å². The Hall–Kier alpha value is -3.11. The predicted molar refractivity (Wildman–Crippen MR) is 126 cm³/mol. The molecule has 1 aliphatic rings. The summed E-state index contributed by atoms with van der Waals surface area (Å²) in [5.41, 5.74) is 3.84. The second-order valence-electron chi connectivity index (χ2n) is 8.24. The van der Waals surface area contributed by atoms with E-state index in [1.54, 1.807) is 0 Å². The number of likely N-dealkylation sites (tertiary alicyclic amines) is 1. The predicted octanol–water partition coefficient (Wildman–Crippen LogP) is 5.20. The lowest BCUT2D eigenvalue weighted by molar-refractivity contribution is 0.102. The second-order valence-corrected chi connectivity index (χ2v) is 8.24. The first-order valence-corrected chi connectivity index (χ1v) is 11.1. The third-order valence-electron chi connectivity index (χ3n) is 5.87. The number of carbonyl (C=O) groups is 1. The Balaban J connectivity index is 1.36. The molecule has 1 fully saturated rings. The standard InChI is InChI=1S/C27H30N2O2/c1-29-19-17-25(18-20-29)31-24-15-13-23(14-16-24)28-27(30)26-10-6-5-9-22(26)12-11-21-7-3-2-4-8-21/h2-10,13-16,25H,11-12,17-20H2,1H3,(H,28,30). The molecular weight excluding hydrogens is 384 g/mol. The van der Waals surface area contributed by atoms with Gasteiger partial charge in [-0.15, -0.1) is 0 Å². The van der Waals surface area contributed by atoms with Gasteiger partial charge in [0.25, 0.3) is 5.91 Å². The summed E-state index contributed by atoms with van der Waals surface area (Å²) >= 11 is 0. The lowest BCUT2D eigenvalue weighted by atomic mass is 9.99. The fourth-order valence-electron chi connectivity index (χ4n) is 3.99. The van der Waals surface area contributed by atoms with Crippen LogP contribution in [-0.2, 0) is 12.8 Å². The Morgan fingerprint density at radius 2 is 1.58 bits per heavy atom. The Kier molecular flexibility index (Phi) is 7.00. The maximum absolute atomic E-state index is 12.9. The number of nitrogens with one attached hydrogen (secondary N) is 1. The quantitative estimate of drug-likeness (QED) is 0.578. The van der Waals surface area contributed by atoms with Crippen molar-refractivity contribution in [2.45, 2.75) is 31.8 Å². The molecule has 160 valence electrons. The van der Waals surface area contributed by atoms with Crippen molar-refractivity contribution in [3.05, 3.63) is 95.6 Å². The van der Waals surface area contributed by atoms with E-state index in [2.05, 4.69) is 29.4 Å². The van der Waals surface area contributed by atoms with E-state index in [1.165, 1.54) is 5.56 Å². The molecule has 4 rings (SSSR count). The number of nitrogens with zero attached hydrogens (tertiary/aromatic N) is 1. The van der Waals surface area contributed by atoms with Crippen molar-refractivity contribution < 1.29 is 9.53 Å². The van der Waals surface area contributed by atoms with Gasteiger partial charge >= 0.3 is 0 Å². The monoisotopic (exact) mass is 414 g/mol. The summed E-state index contributed by atoms with van der Waals surface area (Å²) in [4.78, 5) is 15.3. The molecular formula is C27H30N2O2. The number of anilines is 1. The Morgan fingerprint density at radius 3 is 2.32 bits per heavy atom. The van der Waals surface area contributed by atoms with Crippen molar-refractivity contribution in [1.82, 2.24) is 4.90 Å². The normalized spacial score (nSPS) is 14.9. The third-order valence-corrected chi connectivity index (χ3v) is 5.87. The number of piperidine rings is 1. The van der Waals surface area contributed by atoms with E-state index in [-0.39, 0.29) is 12.0 Å². The van der Waals surface area contributed by atoms with Crippen LogP contribution in [0.25, 0.3) is 0 Å². The van der Waals surface area contributed by atoms with Gasteiger partial charge in [-0.05, 0) is 74.2 Å². The molecule has 0 atom stereocenters. The van der Waals surface area contributed by atoms with Gasteiger partial charge in [-0.2, -0.15) is 0 Å². The van der Waals surface area contributed by atoms with Crippen LogP contribution in [0.5, 0.6) is 5.75 Å². The minimum Gasteiger partial charge on any atom is -0.490 e. The molecule has 0 bridgehead atoms. The van der Waals surface area contributed by atoms with Crippen LogP contribution in [0.15, 0.2) is 78.9 Å². The van der Waals surface area contributed by atoms with Gasteiger partial charge in [-0.1, -0.05) is 48.5 Å². The van der Waals surface area contributed by atoms with Crippen LogP contribution in [0.1, 0.15) is 34.3 Å². The Labute approximate surface area is 184 Å². The number of ether oxygens (including phenoxy) is 1. The molecule has 0 spiro atoms. The van der Waals surface area contributed by atoms with Crippen molar-refractivity contribution >= 4 is 11.6 Å². The molecule has 0 radical (unpaired) electrons. The first-order chi connectivity index (χ1) is 15.2. The minimum absolute atomic E-state index is 0.0763. The largest absolute Gasteiger partial charge is 0.490 e. The third kappa shape index (κ3) is 5.96. The number of hydrogen-bond acceptors (Lipinski definition) is 3. The maximum Gasteiger partial charge on any atom is 0.255 e. The van der Waals surface area contributed by atoms with Crippen LogP contribution in [-0.4, -0.2) is 37.0 Å². The average Bonchev–Trinajstić information content (AvgIpc) is 2.81. The summed E-state index contributed by atoms with van der Waals surface area (Å²) in [6.07, 6.45) is 4.11. The molecule has 1 saturated heterocycles. The first kappa shape index (κ1) is 21.1. The zero-order valence-electron chi connectivity index (χ0n) is 18.1. The highest BCUT2D eigenvalue weighted by molar-refractivity contribution is 6.05. The van der Waals surface area contributed by atoms with Crippen LogP contribution >= 0.6 is 0 Å². The van der Waals surface area contributed by atoms with Gasteiger partial charge < -0.3 is 15.0 Å². The van der Waals surface area contributed by atoms with Gasteiger partial charge in [0.15, 0.2) is 0 Å². The number of amides is 1. The maximum atomic E-state index is 12.9. The molecule has 1 amide bonds. The van der Waals surface area contributed by atoms with Crippen molar-refractivity contribution in [2.24, 2.45) is 0 Å². The van der Waals surface area contributed by atoms with Crippen LogP contribution < -0.4 is 10.1 Å². The van der Waals surface area contributed by atoms with Crippen LogP contribution in [0, 0.1) is 0 Å². The Morgan fingerprint density at radius 1 is 0.903 bits per heavy atom. The molecule has 4 heteroatoms. The zero-order valence-corrected chi connectivity index (χ0v) is 18.1. The molecule has 1 aliphatic heterocycles. The SMILES string of the molecule is CN1CCC(Oc2ccc(NC(=O)c3ccccc3CCc3ccccc3)cc2)CC1. The summed E-state index contributed by atoms with van der Waals surface area (Å²) in [6, 6.07) is 25.9. The van der Waals surface area contributed by atoms with Gasteiger partial charge in [-0.3, -0.25) is 4.79 Å². The topological polar surface area (TPSA) is 41.6 Å². The molecule has 0 saturated carbocycles. The number of benzene rings is 3. The van der Waals surface area contributed by atoms with E-state index in [0.29, 0.717) is 0 Å². The summed E-state index contributed by atoms with van der Waals surface area (Å²) in [7, 11) is 2.15. The summed E-state index contributed by atoms with van der Waals surface area (Å²) < 4.78 is 6.10.